The highest BCUT2D eigenvalue weighted by Gasteiger charge is 2.27. The van der Waals surface area contributed by atoms with E-state index in [9.17, 15) is 0 Å². The van der Waals surface area contributed by atoms with Gasteiger partial charge < -0.3 is 9.73 Å². The predicted octanol–water partition coefficient (Wildman–Crippen LogP) is 1.89. The van der Waals surface area contributed by atoms with Gasteiger partial charge in [-0.1, -0.05) is 0 Å². The molecule has 0 saturated carbocycles. The molecular formula is C12H17Br2N3O. The van der Waals surface area contributed by atoms with Crippen LogP contribution in [0, 0.1) is 0 Å². The smallest absolute Gasteiger partial charge is 0.183 e. The Balaban J connectivity index is 1.50. The van der Waals surface area contributed by atoms with Crippen LogP contribution in [-0.2, 0) is 6.54 Å². The quantitative estimate of drug-likeness (QED) is 0.870. The highest BCUT2D eigenvalue weighted by molar-refractivity contribution is 9.13. The third-order valence-corrected chi connectivity index (χ3v) is 5.47. The van der Waals surface area contributed by atoms with E-state index in [1.807, 2.05) is 6.07 Å². The van der Waals surface area contributed by atoms with E-state index in [2.05, 4.69) is 47.0 Å². The molecule has 0 bridgehead atoms. The first-order chi connectivity index (χ1) is 8.72. The summed E-state index contributed by atoms with van der Waals surface area (Å²) in [6.45, 7) is 7.85. The van der Waals surface area contributed by atoms with Crippen LogP contribution in [0.25, 0.3) is 0 Å². The third-order valence-electron chi connectivity index (χ3n) is 3.76. The predicted molar refractivity (Wildman–Crippen MR) is 77.6 cm³/mol. The minimum atomic E-state index is 0.777. The van der Waals surface area contributed by atoms with E-state index in [4.69, 9.17) is 4.42 Å². The number of hydrogen-bond acceptors (Lipinski definition) is 4. The van der Waals surface area contributed by atoms with Crippen LogP contribution in [0.15, 0.2) is 19.6 Å². The lowest BCUT2D eigenvalue weighted by Crippen LogP contribution is -2.61. The Morgan fingerprint density at radius 1 is 1.22 bits per heavy atom. The summed E-state index contributed by atoms with van der Waals surface area (Å²) in [6, 6.07) is 2.82. The fraction of sp³-hybridized carbons (Fsp3) is 0.667. The molecule has 6 heteroatoms. The summed E-state index contributed by atoms with van der Waals surface area (Å²) in [6.07, 6.45) is 0. The van der Waals surface area contributed by atoms with Crippen molar-refractivity contribution in [2.45, 2.75) is 12.6 Å². The van der Waals surface area contributed by atoms with Crippen LogP contribution in [0.1, 0.15) is 5.76 Å². The van der Waals surface area contributed by atoms with Crippen molar-refractivity contribution in [1.29, 1.82) is 0 Å². The Morgan fingerprint density at radius 3 is 2.44 bits per heavy atom. The van der Waals surface area contributed by atoms with Gasteiger partial charge in [0.05, 0.1) is 11.0 Å². The molecule has 0 radical (unpaired) electrons. The van der Waals surface area contributed by atoms with Gasteiger partial charge in [0, 0.05) is 45.3 Å². The molecule has 0 amide bonds. The van der Waals surface area contributed by atoms with E-state index in [1.54, 1.807) is 0 Å². The van der Waals surface area contributed by atoms with Crippen LogP contribution in [0.5, 0.6) is 0 Å². The molecule has 0 atom stereocenters. The summed E-state index contributed by atoms with van der Waals surface area (Å²) in [7, 11) is 0. The van der Waals surface area contributed by atoms with Gasteiger partial charge in [-0.2, -0.15) is 0 Å². The van der Waals surface area contributed by atoms with E-state index < -0.39 is 0 Å². The third kappa shape index (κ3) is 2.82. The van der Waals surface area contributed by atoms with Crippen LogP contribution < -0.4 is 5.32 Å². The first-order valence-electron chi connectivity index (χ1n) is 6.33. The lowest BCUT2D eigenvalue weighted by atomic mass is 10.1. The fourth-order valence-corrected chi connectivity index (χ4v) is 3.17. The van der Waals surface area contributed by atoms with E-state index in [1.165, 1.54) is 13.1 Å². The summed E-state index contributed by atoms with van der Waals surface area (Å²) in [4.78, 5) is 5.06. The molecule has 18 heavy (non-hydrogen) atoms. The van der Waals surface area contributed by atoms with Gasteiger partial charge in [-0.3, -0.25) is 9.80 Å². The van der Waals surface area contributed by atoms with Gasteiger partial charge in [-0.15, -0.1) is 0 Å². The minimum Gasteiger partial charge on any atom is -0.452 e. The summed E-state index contributed by atoms with van der Waals surface area (Å²) < 4.78 is 7.41. The average molecular weight is 379 g/mol. The lowest BCUT2D eigenvalue weighted by Gasteiger charge is -2.43. The molecule has 0 aliphatic carbocycles. The van der Waals surface area contributed by atoms with Gasteiger partial charge in [-0.05, 0) is 37.9 Å². The molecule has 2 aliphatic rings. The molecule has 0 unspecified atom stereocenters. The standard InChI is InChI=1S/C12H17Br2N3O/c13-11-5-10(18-12(11)14)8-16-1-3-17(4-2-16)9-6-15-7-9/h5,9,15H,1-4,6-8H2. The van der Waals surface area contributed by atoms with Gasteiger partial charge in [0.1, 0.15) is 5.76 Å². The number of piperazine rings is 1. The summed E-state index contributed by atoms with van der Waals surface area (Å²) in [5.41, 5.74) is 0. The molecular weight excluding hydrogens is 362 g/mol. The van der Waals surface area contributed by atoms with Crippen LogP contribution in [0.4, 0.5) is 0 Å². The van der Waals surface area contributed by atoms with E-state index in [0.29, 0.717) is 0 Å². The van der Waals surface area contributed by atoms with Crippen molar-refractivity contribution >= 4 is 31.9 Å². The molecule has 2 saturated heterocycles. The van der Waals surface area contributed by atoms with Gasteiger partial charge in [0.2, 0.25) is 0 Å². The normalized spacial score (nSPS) is 23.2. The Hall–Kier alpha value is 0.120. The zero-order valence-electron chi connectivity index (χ0n) is 10.2. The number of hydrogen-bond donors (Lipinski definition) is 1. The van der Waals surface area contributed by atoms with Gasteiger partial charge in [-0.25, -0.2) is 0 Å². The summed E-state index contributed by atoms with van der Waals surface area (Å²) >= 11 is 6.83. The molecule has 2 fully saturated rings. The van der Waals surface area contributed by atoms with Gasteiger partial charge in [0.25, 0.3) is 0 Å². The maximum atomic E-state index is 5.63. The van der Waals surface area contributed by atoms with Crippen LogP contribution in [-0.4, -0.2) is 55.1 Å². The van der Waals surface area contributed by atoms with Crippen molar-refractivity contribution in [2.24, 2.45) is 0 Å². The van der Waals surface area contributed by atoms with Gasteiger partial charge >= 0.3 is 0 Å². The topological polar surface area (TPSA) is 31.6 Å². The SMILES string of the molecule is Brc1cc(CN2CCN(C3CNC3)CC2)oc1Br. The molecule has 1 N–H and O–H groups in total. The molecule has 2 aliphatic heterocycles. The number of halogens is 2. The Kier molecular flexibility index (Phi) is 4.10. The Labute approximate surface area is 124 Å². The summed E-state index contributed by atoms with van der Waals surface area (Å²) in [5.74, 6) is 1.02. The van der Waals surface area contributed by atoms with E-state index >= 15 is 0 Å². The number of furan rings is 1. The fourth-order valence-electron chi connectivity index (χ4n) is 2.51. The summed E-state index contributed by atoms with van der Waals surface area (Å²) in [5, 5.41) is 3.34. The second-order valence-corrected chi connectivity index (χ2v) is 6.53. The van der Waals surface area contributed by atoms with Crippen molar-refractivity contribution < 1.29 is 4.42 Å². The zero-order chi connectivity index (χ0) is 12.5. The second kappa shape index (κ2) is 5.63. The maximum Gasteiger partial charge on any atom is 0.183 e. The average Bonchev–Trinajstić information content (AvgIpc) is 2.58. The molecule has 100 valence electrons. The van der Waals surface area contributed by atoms with Crippen molar-refractivity contribution in [3.05, 3.63) is 21.0 Å². The second-order valence-electron chi connectivity index (χ2n) is 4.96. The highest BCUT2D eigenvalue weighted by Crippen LogP contribution is 2.27. The van der Waals surface area contributed by atoms with Crippen molar-refractivity contribution in [2.75, 3.05) is 39.3 Å². The Morgan fingerprint density at radius 2 is 1.94 bits per heavy atom. The largest absolute Gasteiger partial charge is 0.452 e. The molecule has 1 aromatic rings. The van der Waals surface area contributed by atoms with Crippen LogP contribution in [0.2, 0.25) is 0 Å². The van der Waals surface area contributed by atoms with Crippen LogP contribution >= 0.6 is 31.9 Å². The molecule has 0 spiro atoms. The number of nitrogens with one attached hydrogen (secondary N) is 1. The first kappa shape index (κ1) is 13.1. The highest BCUT2D eigenvalue weighted by atomic mass is 79.9. The number of rotatable bonds is 3. The number of nitrogens with zero attached hydrogens (tertiary/aromatic N) is 2. The molecule has 1 aromatic heterocycles. The van der Waals surface area contributed by atoms with Crippen molar-refractivity contribution in [3.8, 4) is 0 Å². The molecule has 3 rings (SSSR count). The van der Waals surface area contributed by atoms with Crippen molar-refractivity contribution in [1.82, 2.24) is 15.1 Å². The zero-order valence-corrected chi connectivity index (χ0v) is 13.3. The van der Waals surface area contributed by atoms with E-state index in [0.717, 1.165) is 53.7 Å². The first-order valence-corrected chi connectivity index (χ1v) is 7.92. The van der Waals surface area contributed by atoms with Gasteiger partial charge in [0.15, 0.2) is 4.67 Å². The molecule has 3 heterocycles. The van der Waals surface area contributed by atoms with Crippen molar-refractivity contribution in [3.63, 3.8) is 0 Å². The molecule has 0 aromatic carbocycles. The Bertz CT molecular complexity index is 392. The minimum absolute atomic E-state index is 0.777. The lowest BCUT2D eigenvalue weighted by molar-refractivity contribution is 0.0664. The van der Waals surface area contributed by atoms with E-state index in [-0.39, 0.29) is 0 Å². The van der Waals surface area contributed by atoms with Crippen LogP contribution in [0.3, 0.4) is 0 Å². The maximum absolute atomic E-state index is 5.63. The monoisotopic (exact) mass is 377 g/mol. The molecule has 4 nitrogen and oxygen atoms in total.